The van der Waals surface area contributed by atoms with E-state index in [1.807, 2.05) is 12.2 Å². The Balaban J connectivity index is 1.45. The molecule has 1 aromatic carbocycles. The van der Waals surface area contributed by atoms with Crippen molar-refractivity contribution in [2.45, 2.75) is 76.2 Å². The molecule has 4 heteroatoms. The van der Waals surface area contributed by atoms with Gasteiger partial charge in [-0.3, -0.25) is 4.79 Å². The molecule has 1 aliphatic heterocycles. The van der Waals surface area contributed by atoms with E-state index in [0.29, 0.717) is 18.3 Å². The Morgan fingerprint density at radius 3 is 2.60 bits per heavy atom. The zero-order valence-corrected chi connectivity index (χ0v) is 21.0. The average molecular weight is 474 g/mol. The summed E-state index contributed by atoms with van der Waals surface area (Å²) in [6.45, 7) is 4.55. The predicted octanol–water partition coefficient (Wildman–Crippen LogP) is 5.47. The molecular formula is C31H39NO3. The summed E-state index contributed by atoms with van der Waals surface area (Å²) in [5.41, 5.74) is 5.85. The van der Waals surface area contributed by atoms with Crippen molar-refractivity contribution < 1.29 is 15.0 Å². The van der Waals surface area contributed by atoms with Crippen LogP contribution in [0.25, 0.3) is 0 Å². The van der Waals surface area contributed by atoms with Crippen LogP contribution in [0.1, 0.15) is 76.2 Å². The fourth-order valence-electron chi connectivity index (χ4n) is 8.41. The maximum Gasteiger partial charge on any atom is 0.156 e. The first kappa shape index (κ1) is 23.2. The van der Waals surface area contributed by atoms with E-state index < -0.39 is 5.60 Å². The second-order valence-corrected chi connectivity index (χ2v) is 11.8. The Morgan fingerprint density at radius 2 is 1.86 bits per heavy atom. The molecular weight excluding hydrogens is 434 g/mol. The van der Waals surface area contributed by atoms with Gasteiger partial charge in [-0.2, -0.15) is 0 Å². The highest BCUT2D eigenvalue weighted by atomic mass is 16.3. The topological polar surface area (TPSA) is 60.8 Å². The number of benzene rings is 1. The second kappa shape index (κ2) is 8.74. The molecule has 6 rings (SSSR count). The Hall–Kier alpha value is -2.17. The average Bonchev–Trinajstić information content (AvgIpc) is 3.49. The van der Waals surface area contributed by atoms with Crippen LogP contribution in [0.5, 0.6) is 0 Å². The third-order valence-electron chi connectivity index (χ3n) is 10.2. The summed E-state index contributed by atoms with van der Waals surface area (Å²) in [6, 6.07) is 9.25. The van der Waals surface area contributed by atoms with Gasteiger partial charge in [0.2, 0.25) is 0 Å². The molecule has 4 nitrogen and oxygen atoms in total. The fourth-order valence-corrected chi connectivity index (χ4v) is 8.41. The van der Waals surface area contributed by atoms with Crippen molar-refractivity contribution in [1.82, 2.24) is 0 Å². The van der Waals surface area contributed by atoms with E-state index in [9.17, 15) is 15.0 Å². The van der Waals surface area contributed by atoms with Crippen LogP contribution in [0.15, 0.2) is 59.2 Å². The van der Waals surface area contributed by atoms with E-state index in [2.05, 4.69) is 36.1 Å². The van der Waals surface area contributed by atoms with E-state index in [1.165, 1.54) is 35.2 Å². The molecule has 0 spiro atoms. The quantitative estimate of drug-likeness (QED) is 0.570. The summed E-state index contributed by atoms with van der Waals surface area (Å²) >= 11 is 0. The molecule has 0 radical (unpaired) electrons. The summed E-state index contributed by atoms with van der Waals surface area (Å²) < 4.78 is 0. The minimum absolute atomic E-state index is 0.0363. The third kappa shape index (κ3) is 3.67. The normalized spacial score (nSPS) is 36.9. The number of allylic oxidation sites excluding steroid dienone is 4. The summed E-state index contributed by atoms with van der Waals surface area (Å²) in [5, 5.41) is 21.4. The number of hydrogen-bond donors (Lipinski definition) is 2. The predicted molar refractivity (Wildman–Crippen MR) is 139 cm³/mol. The van der Waals surface area contributed by atoms with E-state index in [0.717, 1.165) is 51.6 Å². The number of nitrogens with zero attached hydrogens (tertiary/aromatic N) is 1. The largest absolute Gasteiger partial charge is 0.392 e. The maximum absolute atomic E-state index is 12.2. The summed E-state index contributed by atoms with van der Waals surface area (Å²) in [7, 11) is 0. The molecule has 186 valence electrons. The summed E-state index contributed by atoms with van der Waals surface area (Å²) in [6.07, 6.45) is 14.3. The van der Waals surface area contributed by atoms with Crippen molar-refractivity contribution in [3.05, 3.63) is 64.8 Å². The van der Waals surface area contributed by atoms with E-state index >= 15 is 0 Å². The fraction of sp³-hybridized carbons (Fsp3) is 0.581. The van der Waals surface area contributed by atoms with Crippen LogP contribution in [-0.2, 0) is 4.79 Å². The molecule has 0 bridgehead atoms. The number of aliphatic hydroxyl groups is 2. The van der Waals surface area contributed by atoms with Crippen molar-refractivity contribution in [2.24, 2.45) is 17.3 Å². The Bertz CT molecular complexity index is 1090. The molecule has 1 heterocycles. The van der Waals surface area contributed by atoms with Gasteiger partial charge in [-0.25, -0.2) is 0 Å². The van der Waals surface area contributed by atoms with Crippen LogP contribution in [0.4, 0.5) is 5.69 Å². The van der Waals surface area contributed by atoms with E-state index in [1.54, 1.807) is 11.6 Å². The van der Waals surface area contributed by atoms with Crippen molar-refractivity contribution in [3.63, 3.8) is 0 Å². The van der Waals surface area contributed by atoms with Crippen molar-refractivity contribution >= 4 is 11.5 Å². The van der Waals surface area contributed by atoms with Crippen LogP contribution >= 0.6 is 0 Å². The van der Waals surface area contributed by atoms with Gasteiger partial charge >= 0.3 is 0 Å². The molecule has 5 atom stereocenters. The van der Waals surface area contributed by atoms with Gasteiger partial charge in [-0.1, -0.05) is 36.8 Å². The van der Waals surface area contributed by atoms with Gasteiger partial charge < -0.3 is 15.1 Å². The van der Waals surface area contributed by atoms with Crippen molar-refractivity contribution in [3.8, 4) is 0 Å². The number of hydrogen-bond acceptors (Lipinski definition) is 4. The zero-order valence-electron chi connectivity index (χ0n) is 21.0. The van der Waals surface area contributed by atoms with Gasteiger partial charge in [0.25, 0.3) is 0 Å². The Morgan fingerprint density at radius 1 is 1.09 bits per heavy atom. The van der Waals surface area contributed by atoms with Crippen LogP contribution in [-0.4, -0.2) is 41.3 Å². The number of anilines is 1. The molecule has 5 aliphatic rings. The smallest absolute Gasteiger partial charge is 0.156 e. The molecule has 0 unspecified atom stereocenters. The van der Waals surface area contributed by atoms with Gasteiger partial charge in [0.1, 0.15) is 0 Å². The molecule has 3 fully saturated rings. The van der Waals surface area contributed by atoms with Gasteiger partial charge in [0.15, 0.2) is 5.78 Å². The standard InChI is InChI=1S/C31H39NO3/c1-30-20-27(21-5-8-23(9-6-21)32-16-2-3-17-32)29-25-12-10-24(34)19-22(25)7-11-26(29)28(30)13-15-31(30,35)14-4-18-33/h4-6,8-9,14,19,26-28,33,35H,2-3,7,10-13,15-18,20H2,1H3/b14-4+/t26-,27+,28-,30-,31-/m0/s1. The molecule has 2 N–H and O–H groups in total. The molecule has 0 amide bonds. The highest BCUT2D eigenvalue weighted by Crippen LogP contribution is 2.67. The van der Waals surface area contributed by atoms with Crippen LogP contribution in [0, 0.1) is 17.3 Å². The lowest BCUT2D eigenvalue weighted by Gasteiger charge is -2.54. The first-order chi connectivity index (χ1) is 16.9. The molecule has 4 aliphatic carbocycles. The number of rotatable bonds is 4. The lowest BCUT2D eigenvalue weighted by molar-refractivity contribution is -0.114. The van der Waals surface area contributed by atoms with E-state index in [4.69, 9.17) is 0 Å². The first-order valence-corrected chi connectivity index (χ1v) is 13.8. The number of ketones is 1. The monoisotopic (exact) mass is 473 g/mol. The van der Waals surface area contributed by atoms with E-state index in [-0.39, 0.29) is 23.7 Å². The molecule has 0 aromatic heterocycles. The molecule has 1 aromatic rings. The van der Waals surface area contributed by atoms with Crippen molar-refractivity contribution in [2.75, 3.05) is 24.6 Å². The minimum atomic E-state index is -0.886. The number of carbonyl (C=O) groups is 1. The zero-order chi connectivity index (χ0) is 24.2. The minimum Gasteiger partial charge on any atom is -0.392 e. The number of carbonyl (C=O) groups excluding carboxylic acids is 1. The Kier molecular flexibility index (Phi) is 5.80. The molecule has 35 heavy (non-hydrogen) atoms. The third-order valence-corrected chi connectivity index (χ3v) is 10.2. The highest BCUT2D eigenvalue weighted by molar-refractivity contribution is 5.93. The lowest BCUT2D eigenvalue weighted by Crippen LogP contribution is -2.50. The molecule has 1 saturated heterocycles. The lowest BCUT2D eigenvalue weighted by atomic mass is 9.51. The van der Waals surface area contributed by atoms with Crippen molar-refractivity contribution in [1.29, 1.82) is 0 Å². The van der Waals surface area contributed by atoms with Gasteiger partial charge in [-0.05, 0) is 98.1 Å². The number of aliphatic hydroxyl groups excluding tert-OH is 1. The van der Waals surface area contributed by atoms with Gasteiger partial charge in [0.05, 0.1) is 12.2 Å². The van der Waals surface area contributed by atoms with Gasteiger partial charge in [0, 0.05) is 36.5 Å². The maximum atomic E-state index is 12.2. The Labute approximate surface area is 209 Å². The van der Waals surface area contributed by atoms with Crippen LogP contribution < -0.4 is 4.90 Å². The van der Waals surface area contributed by atoms with Gasteiger partial charge in [-0.15, -0.1) is 0 Å². The summed E-state index contributed by atoms with van der Waals surface area (Å²) in [5.74, 6) is 1.42. The van der Waals surface area contributed by atoms with Crippen LogP contribution in [0.2, 0.25) is 0 Å². The number of fused-ring (bicyclic) bond motifs is 4. The van der Waals surface area contributed by atoms with Crippen LogP contribution in [0.3, 0.4) is 0 Å². The SMILES string of the molecule is C[C@]12C[C@H](c3ccc(N4CCCC4)cc3)C3=C4CCC(=O)C=C4CC[C@H]3[C@@H]1CC[C@@]2(O)/C=C/CO. The second-order valence-electron chi connectivity index (χ2n) is 11.8. The molecule has 2 saturated carbocycles. The first-order valence-electron chi connectivity index (χ1n) is 13.8. The highest BCUT2D eigenvalue weighted by Gasteiger charge is 2.61. The summed E-state index contributed by atoms with van der Waals surface area (Å²) in [4.78, 5) is 14.7.